The molecular weight excluding hydrogens is 380 g/mol. The van der Waals surface area contributed by atoms with E-state index in [4.69, 9.17) is 11.6 Å². The quantitative estimate of drug-likeness (QED) is 0.592. The number of nitrogens with zero attached hydrogens (tertiary/aromatic N) is 1. The van der Waals surface area contributed by atoms with Crippen LogP contribution in [-0.4, -0.2) is 22.7 Å². The van der Waals surface area contributed by atoms with Gasteiger partial charge in [0, 0.05) is 23.6 Å². The van der Waals surface area contributed by atoms with E-state index in [1.807, 2.05) is 0 Å². The molecule has 0 aliphatic rings. The summed E-state index contributed by atoms with van der Waals surface area (Å²) in [7, 11) is 0. The van der Waals surface area contributed by atoms with Crippen molar-refractivity contribution in [3.05, 3.63) is 94.8 Å². The van der Waals surface area contributed by atoms with Gasteiger partial charge >= 0.3 is 0 Å². The number of amides is 3. The number of benzene rings is 2. The van der Waals surface area contributed by atoms with Gasteiger partial charge in [-0.2, -0.15) is 0 Å². The van der Waals surface area contributed by atoms with Crippen molar-refractivity contribution in [1.29, 1.82) is 0 Å². The molecule has 3 rings (SSSR count). The third kappa shape index (κ3) is 4.72. The Balaban J connectivity index is 1.63. The van der Waals surface area contributed by atoms with Crippen LogP contribution < -0.4 is 16.2 Å². The van der Waals surface area contributed by atoms with Gasteiger partial charge in [0.2, 0.25) is 0 Å². The molecule has 0 spiro atoms. The summed E-state index contributed by atoms with van der Waals surface area (Å²) in [6, 6.07) is 16.1. The van der Waals surface area contributed by atoms with Crippen molar-refractivity contribution in [2.75, 3.05) is 5.32 Å². The molecule has 8 heteroatoms. The zero-order valence-corrected chi connectivity index (χ0v) is 15.2. The molecule has 7 nitrogen and oxygen atoms in total. The van der Waals surface area contributed by atoms with E-state index in [2.05, 4.69) is 21.2 Å². The molecular formula is C20H15ClN4O3. The summed E-state index contributed by atoms with van der Waals surface area (Å²) in [5, 5.41) is 2.96. The molecule has 0 aliphatic carbocycles. The maximum atomic E-state index is 12.3. The van der Waals surface area contributed by atoms with E-state index >= 15 is 0 Å². The fourth-order valence-corrected chi connectivity index (χ4v) is 2.56. The second-order valence-corrected chi connectivity index (χ2v) is 6.07. The number of halogens is 1. The van der Waals surface area contributed by atoms with Crippen LogP contribution in [0.25, 0.3) is 0 Å². The molecule has 1 aromatic heterocycles. The third-order valence-corrected chi connectivity index (χ3v) is 4.04. The molecule has 1 heterocycles. The number of rotatable bonds is 4. The molecule has 140 valence electrons. The van der Waals surface area contributed by atoms with E-state index in [1.54, 1.807) is 60.8 Å². The number of pyridine rings is 1. The molecule has 3 N–H and O–H groups in total. The number of aromatic nitrogens is 1. The zero-order chi connectivity index (χ0) is 19.9. The summed E-state index contributed by atoms with van der Waals surface area (Å²) in [5.74, 6) is -1.43. The Kier molecular flexibility index (Phi) is 5.98. The summed E-state index contributed by atoms with van der Waals surface area (Å²) in [6.07, 6.45) is 3.01. The van der Waals surface area contributed by atoms with Crippen LogP contribution in [0.1, 0.15) is 31.1 Å². The minimum absolute atomic E-state index is 0.238. The molecule has 0 bridgehead atoms. The zero-order valence-electron chi connectivity index (χ0n) is 14.5. The highest BCUT2D eigenvalue weighted by Gasteiger charge is 2.13. The summed E-state index contributed by atoms with van der Waals surface area (Å²) in [4.78, 5) is 40.5. The largest absolute Gasteiger partial charge is 0.322 e. The molecule has 0 atom stereocenters. The van der Waals surface area contributed by atoms with Gasteiger partial charge in [-0.15, -0.1) is 0 Å². The van der Waals surface area contributed by atoms with Gasteiger partial charge in [0.1, 0.15) is 0 Å². The lowest BCUT2D eigenvalue weighted by molar-refractivity contribution is 0.0847. The fraction of sp³-hybridized carbons (Fsp3) is 0. The van der Waals surface area contributed by atoms with Crippen molar-refractivity contribution in [3.63, 3.8) is 0 Å². The fourth-order valence-electron chi connectivity index (χ4n) is 2.34. The maximum absolute atomic E-state index is 12.3. The van der Waals surface area contributed by atoms with Gasteiger partial charge in [0.05, 0.1) is 16.1 Å². The lowest BCUT2D eigenvalue weighted by Gasteiger charge is -2.10. The molecule has 28 heavy (non-hydrogen) atoms. The number of nitrogens with one attached hydrogen (secondary N) is 3. The van der Waals surface area contributed by atoms with E-state index in [-0.39, 0.29) is 22.1 Å². The predicted molar refractivity (Wildman–Crippen MR) is 105 cm³/mol. The number of carbonyl (C=O) groups excluding carboxylic acids is 3. The van der Waals surface area contributed by atoms with Crippen LogP contribution in [0.3, 0.4) is 0 Å². The number of hydrogen-bond donors (Lipinski definition) is 3. The average Bonchev–Trinajstić information content (AvgIpc) is 2.73. The number of carbonyl (C=O) groups is 3. The predicted octanol–water partition coefficient (Wildman–Crippen LogP) is 3.06. The first-order chi connectivity index (χ1) is 13.5. The number of anilines is 1. The Morgan fingerprint density at radius 1 is 0.786 bits per heavy atom. The van der Waals surface area contributed by atoms with Crippen molar-refractivity contribution >= 4 is 35.0 Å². The van der Waals surface area contributed by atoms with E-state index in [1.165, 1.54) is 12.3 Å². The lowest BCUT2D eigenvalue weighted by atomic mass is 10.2. The van der Waals surface area contributed by atoms with E-state index in [0.29, 0.717) is 11.3 Å². The number of hydrogen-bond acceptors (Lipinski definition) is 4. The molecule has 3 aromatic rings. The van der Waals surface area contributed by atoms with Crippen LogP contribution in [0.4, 0.5) is 5.69 Å². The Morgan fingerprint density at radius 2 is 1.54 bits per heavy atom. The Labute approximate surface area is 165 Å². The van der Waals surface area contributed by atoms with Crippen LogP contribution >= 0.6 is 11.6 Å². The molecule has 0 unspecified atom stereocenters. The summed E-state index contributed by atoms with van der Waals surface area (Å²) in [5.41, 5.74) is 5.94. The first kappa shape index (κ1) is 19.1. The van der Waals surface area contributed by atoms with Crippen molar-refractivity contribution in [3.8, 4) is 0 Å². The second-order valence-electron chi connectivity index (χ2n) is 5.66. The Hall–Kier alpha value is -3.71. The molecule has 2 aromatic carbocycles. The Morgan fingerprint density at radius 3 is 2.29 bits per heavy atom. The standard InChI is InChI=1S/C20H15ClN4O3/c21-17-9-2-1-8-16(17)20(28)25-24-19(27)13-5-3-7-15(11-13)23-18(26)14-6-4-10-22-12-14/h1-12H,(H,23,26)(H,24,27)(H,25,28). The monoisotopic (exact) mass is 394 g/mol. The van der Waals surface area contributed by atoms with Gasteiger partial charge in [0.25, 0.3) is 17.7 Å². The van der Waals surface area contributed by atoms with Gasteiger partial charge in [-0.3, -0.25) is 30.2 Å². The van der Waals surface area contributed by atoms with Crippen LogP contribution in [-0.2, 0) is 0 Å². The van der Waals surface area contributed by atoms with Crippen molar-refractivity contribution < 1.29 is 14.4 Å². The van der Waals surface area contributed by atoms with Crippen molar-refractivity contribution in [1.82, 2.24) is 15.8 Å². The Bertz CT molecular complexity index is 1020. The second kappa shape index (κ2) is 8.79. The minimum atomic E-state index is -0.544. The summed E-state index contributed by atoms with van der Waals surface area (Å²) < 4.78 is 0. The van der Waals surface area contributed by atoms with E-state index in [0.717, 1.165) is 0 Å². The highest BCUT2D eigenvalue weighted by atomic mass is 35.5. The normalized spacial score (nSPS) is 10.0. The molecule has 3 amide bonds. The van der Waals surface area contributed by atoms with Crippen LogP contribution in [0, 0.1) is 0 Å². The lowest BCUT2D eigenvalue weighted by Crippen LogP contribution is -2.41. The van der Waals surface area contributed by atoms with Gasteiger partial charge in [-0.1, -0.05) is 29.8 Å². The average molecular weight is 395 g/mol. The van der Waals surface area contributed by atoms with E-state index < -0.39 is 11.8 Å². The van der Waals surface area contributed by atoms with Crippen LogP contribution in [0.5, 0.6) is 0 Å². The maximum Gasteiger partial charge on any atom is 0.271 e. The van der Waals surface area contributed by atoms with Gasteiger partial charge in [-0.05, 0) is 42.5 Å². The van der Waals surface area contributed by atoms with E-state index in [9.17, 15) is 14.4 Å². The third-order valence-electron chi connectivity index (χ3n) is 3.71. The van der Waals surface area contributed by atoms with Crippen LogP contribution in [0.2, 0.25) is 5.02 Å². The van der Waals surface area contributed by atoms with Gasteiger partial charge < -0.3 is 5.32 Å². The first-order valence-corrected chi connectivity index (χ1v) is 8.59. The molecule has 0 radical (unpaired) electrons. The molecule has 0 fully saturated rings. The van der Waals surface area contributed by atoms with Gasteiger partial charge in [0.15, 0.2) is 0 Å². The van der Waals surface area contributed by atoms with Crippen LogP contribution in [0.15, 0.2) is 73.1 Å². The molecule has 0 aliphatic heterocycles. The van der Waals surface area contributed by atoms with Crippen molar-refractivity contribution in [2.24, 2.45) is 0 Å². The highest BCUT2D eigenvalue weighted by Crippen LogP contribution is 2.15. The number of hydrazine groups is 1. The van der Waals surface area contributed by atoms with Crippen molar-refractivity contribution in [2.45, 2.75) is 0 Å². The van der Waals surface area contributed by atoms with Gasteiger partial charge in [-0.25, -0.2) is 0 Å². The first-order valence-electron chi connectivity index (χ1n) is 8.21. The SMILES string of the molecule is O=C(NNC(=O)c1ccccc1Cl)c1cccc(NC(=O)c2cccnc2)c1. The summed E-state index contributed by atoms with van der Waals surface area (Å²) in [6.45, 7) is 0. The molecule has 0 saturated carbocycles. The molecule has 0 saturated heterocycles. The smallest absolute Gasteiger partial charge is 0.271 e. The minimum Gasteiger partial charge on any atom is -0.322 e. The highest BCUT2D eigenvalue weighted by molar-refractivity contribution is 6.33. The topological polar surface area (TPSA) is 100 Å². The summed E-state index contributed by atoms with van der Waals surface area (Å²) >= 11 is 5.95.